The number of likely N-dealkylation sites (tertiary alicyclic amines) is 1. The Labute approximate surface area is 253 Å². The molecule has 0 aromatic rings. The summed E-state index contributed by atoms with van der Waals surface area (Å²) in [6, 6.07) is -8.59. The molecule has 1 aliphatic heterocycles. The average molecular weight is 633 g/mol. The smallest absolute Gasteiger partial charge is 0.328 e. The molecule has 0 radical (unpaired) electrons. The number of carboxylic acid groups (broad SMARTS) is 2. The first-order valence-corrected chi connectivity index (χ1v) is 14.2. The zero-order chi connectivity index (χ0) is 33.7. The van der Waals surface area contributed by atoms with E-state index in [2.05, 4.69) is 16.0 Å². The van der Waals surface area contributed by atoms with Gasteiger partial charge in [0.2, 0.25) is 29.5 Å². The van der Waals surface area contributed by atoms with Crippen LogP contribution in [0, 0.1) is 5.92 Å². The van der Waals surface area contributed by atoms with Crippen molar-refractivity contribution in [1.29, 1.82) is 0 Å². The Morgan fingerprint density at radius 3 is 1.91 bits per heavy atom. The van der Waals surface area contributed by atoms with Gasteiger partial charge in [0.25, 0.3) is 0 Å². The van der Waals surface area contributed by atoms with Gasteiger partial charge in [-0.15, -0.1) is 0 Å². The van der Waals surface area contributed by atoms with Crippen LogP contribution in [-0.2, 0) is 33.6 Å². The first kappa shape index (κ1) is 38.2. The van der Waals surface area contributed by atoms with E-state index in [0.29, 0.717) is 12.8 Å². The third-order valence-corrected chi connectivity index (χ3v) is 6.84. The molecule has 11 N–H and O–H groups in total. The van der Waals surface area contributed by atoms with Crippen molar-refractivity contribution < 1.29 is 59.1 Å². The number of aliphatic carboxylic acids is 2. The second-order valence-corrected chi connectivity index (χ2v) is 11.0. The normalized spacial score (nSPS) is 18.7. The molecule has 5 amide bonds. The van der Waals surface area contributed by atoms with Crippen LogP contribution >= 0.6 is 0 Å². The van der Waals surface area contributed by atoms with Crippen molar-refractivity contribution in [3.63, 3.8) is 0 Å². The van der Waals surface area contributed by atoms with Crippen LogP contribution in [0.25, 0.3) is 0 Å². The van der Waals surface area contributed by atoms with Crippen LogP contribution in [0.4, 0.5) is 0 Å². The monoisotopic (exact) mass is 632 g/mol. The Morgan fingerprint density at radius 1 is 0.841 bits per heavy atom. The van der Waals surface area contributed by atoms with E-state index in [0.717, 1.165) is 6.92 Å². The van der Waals surface area contributed by atoms with Gasteiger partial charge in [-0.2, -0.15) is 0 Å². The molecule has 7 atom stereocenters. The van der Waals surface area contributed by atoms with Crippen molar-refractivity contribution in [1.82, 2.24) is 26.2 Å². The van der Waals surface area contributed by atoms with Crippen molar-refractivity contribution in [2.24, 2.45) is 11.7 Å². The van der Waals surface area contributed by atoms with Crippen molar-refractivity contribution >= 4 is 41.5 Å². The molecule has 0 aromatic heterocycles. The second kappa shape index (κ2) is 18.1. The lowest BCUT2D eigenvalue weighted by Crippen LogP contribution is -2.62. The van der Waals surface area contributed by atoms with E-state index in [1.165, 1.54) is 4.90 Å². The zero-order valence-corrected chi connectivity index (χ0v) is 24.9. The predicted molar refractivity (Wildman–Crippen MR) is 150 cm³/mol. The number of nitrogens with one attached hydrogen (secondary N) is 4. The van der Waals surface area contributed by atoms with Gasteiger partial charge < -0.3 is 57.4 Å². The van der Waals surface area contributed by atoms with Gasteiger partial charge in [-0.25, -0.2) is 4.79 Å². The molecule has 250 valence electrons. The van der Waals surface area contributed by atoms with Gasteiger partial charge in [0.05, 0.1) is 25.4 Å². The Kier molecular flexibility index (Phi) is 15.7. The number of nitrogens with zero attached hydrogens (tertiary/aromatic N) is 1. The van der Waals surface area contributed by atoms with Crippen molar-refractivity contribution in [3.05, 3.63) is 0 Å². The number of carbonyl (C=O) groups is 7. The lowest BCUT2D eigenvalue weighted by Gasteiger charge is -2.29. The molecule has 18 heteroatoms. The number of aliphatic hydroxyl groups excluding tert-OH is 3. The van der Waals surface area contributed by atoms with E-state index in [-0.39, 0.29) is 18.9 Å². The molecule has 0 aliphatic carbocycles. The topological polar surface area (TPSA) is 298 Å². The Bertz CT molecular complexity index is 1050. The van der Waals surface area contributed by atoms with Crippen molar-refractivity contribution in [2.75, 3.05) is 19.8 Å². The minimum atomic E-state index is -1.78. The van der Waals surface area contributed by atoms with Crippen LogP contribution in [0.2, 0.25) is 0 Å². The number of hydrogen-bond acceptors (Lipinski definition) is 11. The Balaban J connectivity index is 3.00. The van der Waals surface area contributed by atoms with E-state index in [4.69, 9.17) is 21.1 Å². The molecule has 0 spiro atoms. The molecule has 0 unspecified atom stereocenters. The maximum absolute atomic E-state index is 13.0. The summed E-state index contributed by atoms with van der Waals surface area (Å²) < 4.78 is 0. The van der Waals surface area contributed by atoms with E-state index >= 15 is 0 Å². The highest BCUT2D eigenvalue weighted by Gasteiger charge is 2.38. The SMILES string of the molecule is CC(C)C[C@H](N)C(=O)N1CCC[C@H]1C(=O)N[C@@H](CO)C(=O)N[C@H](C(=O)N[C@@H](CCC(=O)O)C(=O)N[C@@H](CO)C(=O)O)[C@@H](C)O. The van der Waals surface area contributed by atoms with Crippen LogP contribution in [0.1, 0.15) is 52.9 Å². The summed E-state index contributed by atoms with van der Waals surface area (Å²) in [6.45, 7) is 3.23. The van der Waals surface area contributed by atoms with Gasteiger partial charge in [0.15, 0.2) is 0 Å². The third kappa shape index (κ3) is 11.7. The standard InChI is InChI=1S/C26H44N6O12/c1-12(2)9-14(27)25(42)32-8-4-5-18(32)23(40)29-16(10-33)22(39)31-20(13(3)35)24(41)28-15(6-7-19(36)37)21(38)30-17(11-34)26(43)44/h12-18,20,33-35H,4-11,27H2,1-3H3,(H,28,41)(H,29,40)(H,30,38)(H,31,39)(H,36,37)(H,43,44)/t13-,14+,15+,16+,17+,18+,20+/m1/s1. The number of aliphatic hydroxyl groups is 3. The fraction of sp³-hybridized carbons (Fsp3) is 0.731. The quantitative estimate of drug-likeness (QED) is 0.0683. The van der Waals surface area contributed by atoms with Crippen LogP contribution in [-0.4, -0.2) is 134 Å². The van der Waals surface area contributed by atoms with E-state index in [9.17, 15) is 43.8 Å². The van der Waals surface area contributed by atoms with Gasteiger partial charge in [-0.1, -0.05) is 13.8 Å². The molecule has 18 nitrogen and oxygen atoms in total. The first-order chi connectivity index (χ1) is 20.5. The predicted octanol–water partition coefficient (Wildman–Crippen LogP) is -4.40. The Morgan fingerprint density at radius 2 is 1.41 bits per heavy atom. The number of hydrogen-bond donors (Lipinski definition) is 10. The van der Waals surface area contributed by atoms with Crippen molar-refractivity contribution in [3.8, 4) is 0 Å². The number of nitrogens with two attached hydrogens (primary N) is 1. The van der Waals surface area contributed by atoms with Gasteiger partial charge in [0, 0.05) is 13.0 Å². The summed E-state index contributed by atoms with van der Waals surface area (Å²) in [5.74, 6) is -7.42. The molecule has 44 heavy (non-hydrogen) atoms. The maximum Gasteiger partial charge on any atom is 0.328 e. The summed E-state index contributed by atoms with van der Waals surface area (Å²) in [4.78, 5) is 87.9. The van der Waals surface area contributed by atoms with Crippen LogP contribution in [0.3, 0.4) is 0 Å². The average Bonchev–Trinajstić information content (AvgIpc) is 3.43. The van der Waals surface area contributed by atoms with Gasteiger partial charge in [-0.3, -0.25) is 28.8 Å². The highest BCUT2D eigenvalue weighted by Crippen LogP contribution is 2.20. The fourth-order valence-electron chi connectivity index (χ4n) is 4.50. The molecular formula is C26H44N6O12. The van der Waals surface area contributed by atoms with E-state index in [1.807, 2.05) is 19.2 Å². The molecule has 0 bridgehead atoms. The summed E-state index contributed by atoms with van der Waals surface area (Å²) in [7, 11) is 0. The largest absolute Gasteiger partial charge is 0.481 e. The molecular weight excluding hydrogens is 588 g/mol. The number of rotatable bonds is 18. The summed E-state index contributed by atoms with van der Waals surface area (Å²) in [5, 5.41) is 55.8. The van der Waals surface area contributed by atoms with Crippen LogP contribution in [0.5, 0.6) is 0 Å². The van der Waals surface area contributed by atoms with Gasteiger partial charge in [0.1, 0.15) is 30.2 Å². The van der Waals surface area contributed by atoms with Gasteiger partial charge in [-0.05, 0) is 38.5 Å². The highest BCUT2D eigenvalue weighted by atomic mass is 16.4. The first-order valence-electron chi connectivity index (χ1n) is 14.2. The van der Waals surface area contributed by atoms with Gasteiger partial charge >= 0.3 is 11.9 Å². The van der Waals surface area contributed by atoms with Crippen LogP contribution in [0.15, 0.2) is 0 Å². The fourth-order valence-corrected chi connectivity index (χ4v) is 4.50. The van der Waals surface area contributed by atoms with E-state index < -0.39 is 110 Å². The Hall–Kier alpha value is -3.87. The second-order valence-electron chi connectivity index (χ2n) is 11.0. The third-order valence-electron chi connectivity index (χ3n) is 6.84. The molecule has 1 fully saturated rings. The molecule has 1 heterocycles. The van der Waals surface area contributed by atoms with Crippen LogP contribution < -0.4 is 27.0 Å². The van der Waals surface area contributed by atoms with Crippen molar-refractivity contribution in [2.45, 2.75) is 95.2 Å². The highest BCUT2D eigenvalue weighted by molar-refractivity contribution is 5.96. The number of carboxylic acids is 2. The molecule has 0 aromatic carbocycles. The lowest BCUT2D eigenvalue weighted by molar-refractivity contribution is -0.144. The summed E-state index contributed by atoms with van der Waals surface area (Å²) >= 11 is 0. The molecule has 1 rings (SSSR count). The minimum absolute atomic E-state index is 0.134. The minimum Gasteiger partial charge on any atom is -0.481 e. The lowest BCUT2D eigenvalue weighted by atomic mass is 10.0. The zero-order valence-electron chi connectivity index (χ0n) is 24.9. The molecule has 1 aliphatic rings. The summed E-state index contributed by atoms with van der Waals surface area (Å²) in [5.41, 5.74) is 6.00. The maximum atomic E-state index is 13.0. The molecule has 1 saturated heterocycles. The molecule has 0 saturated carbocycles. The summed E-state index contributed by atoms with van der Waals surface area (Å²) in [6.07, 6.45) is -1.58. The number of carbonyl (C=O) groups excluding carboxylic acids is 5. The van der Waals surface area contributed by atoms with E-state index in [1.54, 1.807) is 0 Å². The number of amides is 5.